The molecule has 0 spiro atoms. The number of carbonyl (C=O) groups excluding carboxylic acids is 1. The molecule has 2 aromatic rings. The third-order valence-electron chi connectivity index (χ3n) is 4.63. The second kappa shape index (κ2) is 5.94. The van der Waals surface area contributed by atoms with E-state index in [1.165, 1.54) is 7.11 Å². The minimum atomic E-state index is -0.325. The van der Waals surface area contributed by atoms with Crippen LogP contribution in [0.2, 0.25) is 5.02 Å². The van der Waals surface area contributed by atoms with Crippen molar-refractivity contribution in [1.82, 2.24) is 15.0 Å². The van der Waals surface area contributed by atoms with E-state index < -0.39 is 0 Å². The summed E-state index contributed by atoms with van der Waals surface area (Å²) in [6, 6.07) is 7.23. The Morgan fingerprint density at radius 3 is 2.96 bits per heavy atom. The summed E-state index contributed by atoms with van der Waals surface area (Å²) in [4.78, 5) is 18.2. The zero-order valence-corrected chi connectivity index (χ0v) is 13.8. The molecule has 6 nitrogen and oxygen atoms in total. The Labute approximate surface area is 144 Å². The Kier molecular flexibility index (Phi) is 3.76. The number of fused-ring (bicyclic) bond motifs is 2. The monoisotopic (exact) mass is 345 g/mol. The Bertz CT molecular complexity index is 804. The van der Waals surface area contributed by atoms with Gasteiger partial charge in [0.05, 0.1) is 23.7 Å². The van der Waals surface area contributed by atoms with Gasteiger partial charge in [-0.3, -0.25) is 0 Å². The number of amides is 1. The molecule has 2 bridgehead atoms. The van der Waals surface area contributed by atoms with Crippen molar-refractivity contribution in [3.63, 3.8) is 0 Å². The number of benzene rings is 1. The number of nitrogens with zero attached hydrogens (tertiary/aromatic N) is 3. The highest BCUT2D eigenvalue weighted by molar-refractivity contribution is 6.33. The standard InChI is InChI=1S/C17H16ClN3O3/c1-23-17(22)21-9-10-6-7-14(21)12(8-10)15-19-16(24-20-15)11-4-2-3-5-13(11)18/h2-7,10,12,14H,8-9H2,1H3. The molecule has 1 aromatic heterocycles. The molecule has 3 unspecified atom stereocenters. The smallest absolute Gasteiger partial charge is 0.410 e. The molecule has 1 aliphatic carbocycles. The Balaban J connectivity index is 1.64. The summed E-state index contributed by atoms with van der Waals surface area (Å²) in [5.74, 6) is 1.26. The molecule has 0 saturated carbocycles. The van der Waals surface area contributed by atoms with E-state index in [1.54, 1.807) is 11.0 Å². The highest BCUT2D eigenvalue weighted by Gasteiger charge is 2.43. The first-order valence-electron chi connectivity index (χ1n) is 7.79. The van der Waals surface area contributed by atoms with Crippen molar-refractivity contribution in [3.8, 4) is 11.5 Å². The minimum absolute atomic E-state index is 0.00663. The molecule has 24 heavy (non-hydrogen) atoms. The van der Waals surface area contributed by atoms with Crippen molar-refractivity contribution < 1.29 is 14.1 Å². The molecule has 1 amide bonds. The van der Waals surface area contributed by atoms with Crippen LogP contribution in [0.5, 0.6) is 0 Å². The SMILES string of the molecule is COC(=O)N1CC2C=CC1C(c1noc(-c3ccccc3Cl)n1)C2. The lowest BCUT2D eigenvalue weighted by molar-refractivity contribution is 0.0755. The van der Waals surface area contributed by atoms with E-state index in [4.69, 9.17) is 20.9 Å². The number of piperidine rings is 1. The van der Waals surface area contributed by atoms with Gasteiger partial charge < -0.3 is 14.2 Å². The van der Waals surface area contributed by atoms with Crippen LogP contribution in [0.4, 0.5) is 4.79 Å². The predicted octanol–water partition coefficient (Wildman–Crippen LogP) is 3.50. The molecule has 3 heterocycles. The molecule has 0 N–H and O–H groups in total. The van der Waals surface area contributed by atoms with E-state index in [2.05, 4.69) is 16.2 Å². The fraction of sp³-hybridized carbons (Fsp3) is 0.353. The van der Waals surface area contributed by atoms with Gasteiger partial charge in [-0.05, 0) is 24.5 Å². The highest BCUT2D eigenvalue weighted by Crippen LogP contribution is 2.40. The molecule has 1 aromatic carbocycles. The van der Waals surface area contributed by atoms with Crippen molar-refractivity contribution in [2.45, 2.75) is 18.4 Å². The molecule has 3 atom stereocenters. The quantitative estimate of drug-likeness (QED) is 0.779. The topological polar surface area (TPSA) is 68.5 Å². The summed E-state index contributed by atoms with van der Waals surface area (Å²) in [6.45, 7) is 0.666. The number of halogens is 1. The maximum absolute atomic E-state index is 12.0. The fourth-order valence-corrected chi connectivity index (χ4v) is 3.70. The van der Waals surface area contributed by atoms with E-state index in [0.29, 0.717) is 28.8 Å². The van der Waals surface area contributed by atoms with Crippen LogP contribution in [0.15, 0.2) is 40.9 Å². The summed E-state index contributed by atoms with van der Waals surface area (Å²) >= 11 is 6.19. The van der Waals surface area contributed by atoms with Crippen LogP contribution in [0, 0.1) is 5.92 Å². The zero-order chi connectivity index (χ0) is 16.7. The molecule has 1 fully saturated rings. The highest BCUT2D eigenvalue weighted by atomic mass is 35.5. The number of aromatic nitrogens is 2. The van der Waals surface area contributed by atoms with Crippen LogP contribution in [-0.2, 0) is 4.74 Å². The number of ether oxygens (including phenoxy) is 1. The summed E-state index contributed by atoms with van der Waals surface area (Å²) < 4.78 is 10.3. The van der Waals surface area contributed by atoms with Crippen LogP contribution in [0.3, 0.4) is 0 Å². The first kappa shape index (κ1) is 15.2. The van der Waals surface area contributed by atoms with Gasteiger partial charge in [-0.1, -0.05) is 41.0 Å². The molecular formula is C17H16ClN3O3. The molecule has 0 radical (unpaired) electrons. The van der Waals surface area contributed by atoms with Gasteiger partial charge >= 0.3 is 6.09 Å². The van der Waals surface area contributed by atoms with Crippen LogP contribution >= 0.6 is 11.6 Å². The van der Waals surface area contributed by atoms with Crippen molar-refractivity contribution >= 4 is 17.7 Å². The molecular weight excluding hydrogens is 330 g/mol. The molecule has 7 heteroatoms. The van der Waals surface area contributed by atoms with Gasteiger partial charge in [0.2, 0.25) is 0 Å². The number of hydrogen-bond donors (Lipinski definition) is 0. The molecule has 124 valence electrons. The third-order valence-corrected chi connectivity index (χ3v) is 4.96. The van der Waals surface area contributed by atoms with Gasteiger partial charge in [0.15, 0.2) is 5.82 Å². The van der Waals surface area contributed by atoms with E-state index in [1.807, 2.05) is 24.3 Å². The molecule has 2 aliphatic heterocycles. The average molecular weight is 346 g/mol. The van der Waals surface area contributed by atoms with Gasteiger partial charge in [0.25, 0.3) is 5.89 Å². The van der Waals surface area contributed by atoms with Crippen LogP contribution in [0.25, 0.3) is 11.5 Å². The Morgan fingerprint density at radius 2 is 2.21 bits per heavy atom. The van der Waals surface area contributed by atoms with Gasteiger partial charge in [0.1, 0.15) is 0 Å². The van der Waals surface area contributed by atoms with Gasteiger partial charge in [-0.2, -0.15) is 4.98 Å². The van der Waals surface area contributed by atoms with Crippen LogP contribution in [0.1, 0.15) is 18.2 Å². The summed E-state index contributed by atoms with van der Waals surface area (Å²) in [6.07, 6.45) is 4.74. The lowest BCUT2D eigenvalue weighted by atomic mass is 9.77. The second-order valence-electron chi connectivity index (χ2n) is 6.04. The Morgan fingerprint density at radius 1 is 1.38 bits per heavy atom. The third kappa shape index (κ3) is 2.47. The van der Waals surface area contributed by atoms with Crippen molar-refractivity contribution in [2.24, 2.45) is 5.92 Å². The molecule has 5 rings (SSSR count). The number of rotatable bonds is 2. The maximum Gasteiger partial charge on any atom is 0.410 e. The molecule has 3 aliphatic rings. The van der Waals surface area contributed by atoms with Gasteiger partial charge in [0, 0.05) is 12.5 Å². The van der Waals surface area contributed by atoms with Crippen molar-refractivity contribution in [3.05, 3.63) is 47.3 Å². The fourth-order valence-electron chi connectivity index (χ4n) is 3.48. The number of hydrogen-bond acceptors (Lipinski definition) is 5. The van der Waals surface area contributed by atoms with E-state index >= 15 is 0 Å². The average Bonchev–Trinajstić information content (AvgIpc) is 3.11. The maximum atomic E-state index is 12.0. The van der Waals surface area contributed by atoms with Gasteiger partial charge in [-0.15, -0.1) is 0 Å². The normalized spacial score (nSPS) is 25.1. The first-order chi connectivity index (χ1) is 11.7. The van der Waals surface area contributed by atoms with Crippen LogP contribution < -0.4 is 0 Å². The largest absolute Gasteiger partial charge is 0.453 e. The lowest BCUT2D eigenvalue weighted by Gasteiger charge is -2.44. The first-order valence-corrected chi connectivity index (χ1v) is 8.16. The van der Waals surface area contributed by atoms with E-state index in [0.717, 1.165) is 6.42 Å². The number of carbonyl (C=O) groups is 1. The van der Waals surface area contributed by atoms with Gasteiger partial charge in [-0.25, -0.2) is 4.79 Å². The van der Waals surface area contributed by atoms with E-state index in [-0.39, 0.29) is 24.0 Å². The van der Waals surface area contributed by atoms with Crippen molar-refractivity contribution in [2.75, 3.05) is 13.7 Å². The summed E-state index contributed by atoms with van der Waals surface area (Å²) in [5.41, 5.74) is 0.708. The minimum Gasteiger partial charge on any atom is -0.453 e. The number of methoxy groups -OCH3 is 1. The zero-order valence-electron chi connectivity index (χ0n) is 13.1. The van der Waals surface area contributed by atoms with Crippen molar-refractivity contribution in [1.29, 1.82) is 0 Å². The molecule has 1 saturated heterocycles. The summed E-state index contributed by atoms with van der Waals surface area (Å²) in [5, 5.41) is 4.70. The predicted molar refractivity (Wildman–Crippen MR) is 87.6 cm³/mol. The summed E-state index contributed by atoms with van der Waals surface area (Å²) in [7, 11) is 1.40. The lowest BCUT2D eigenvalue weighted by Crippen LogP contribution is -2.52. The van der Waals surface area contributed by atoms with E-state index in [9.17, 15) is 4.79 Å². The van der Waals surface area contributed by atoms with Crippen LogP contribution in [-0.4, -0.2) is 40.8 Å². The Hall–Kier alpha value is -2.34. The second-order valence-corrected chi connectivity index (χ2v) is 6.44.